The highest BCUT2D eigenvalue weighted by Gasteiger charge is 2.29. The number of aryl methyl sites for hydroxylation is 1. The molecule has 0 bridgehead atoms. The third-order valence-corrected chi connectivity index (χ3v) is 3.92. The number of methoxy groups -OCH3 is 1. The average molecular weight is 307 g/mol. The number of aliphatic hydroxyl groups excluding tert-OH is 1. The van der Waals surface area contributed by atoms with Gasteiger partial charge in [0.05, 0.1) is 13.7 Å². The molecular formula is C10H13NO8S. The highest BCUT2D eigenvalue weighted by atomic mass is 32.2. The molecule has 3 N–H and O–H groups in total. The summed E-state index contributed by atoms with van der Waals surface area (Å²) in [4.78, 5) is 21.5. The number of hydrogen-bond donors (Lipinski definition) is 3. The van der Waals surface area contributed by atoms with Gasteiger partial charge in [-0.3, -0.25) is 4.79 Å². The summed E-state index contributed by atoms with van der Waals surface area (Å²) in [5.41, 5.74) is 0. The van der Waals surface area contributed by atoms with Gasteiger partial charge in [0.15, 0.2) is 0 Å². The van der Waals surface area contributed by atoms with E-state index in [2.05, 4.69) is 4.74 Å². The highest BCUT2D eigenvalue weighted by molar-refractivity contribution is 7.89. The molecule has 0 saturated carbocycles. The van der Waals surface area contributed by atoms with Gasteiger partial charge in [0, 0.05) is 6.07 Å². The first kappa shape index (κ1) is 16.1. The second kappa shape index (κ2) is 6.03. The second-order valence-corrected chi connectivity index (χ2v) is 5.40. The van der Waals surface area contributed by atoms with E-state index in [0.29, 0.717) is 0 Å². The fourth-order valence-electron chi connectivity index (χ4n) is 1.39. The lowest BCUT2D eigenvalue weighted by Gasteiger charge is -2.13. The van der Waals surface area contributed by atoms with Crippen molar-refractivity contribution in [3.05, 3.63) is 17.6 Å². The van der Waals surface area contributed by atoms with Crippen LogP contribution in [0.25, 0.3) is 0 Å². The average Bonchev–Trinajstić information content (AvgIpc) is 2.78. The topological polar surface area (TPSA) is 143 Å². The summed E-state index contributed by atoms with van der Waals surface area (Å²) >= 11 is 0. The minimum atomic E-state index is -4.24. The first-order valence-corrected chi connectivity index (χ1v) is 6.76. The molecule has 0 amide bonds. The molecule has 1 heterocycles. The monoisotopic (exact) mass is 307 g/mol. The standard InChI is InChI=1S/C10H13NO8S/c1-5-8(3-7(19-5)9(13)14)20(16,17)11-6(4-12)10(15)18-2/h3,6,11-12H,4H2,1-2H3,(H,13,14). The first-order valence-electron chi connectivity index (χ1n) is 5.27. The molecule has 9 nitrogen and oxygen atoms in total. The smallest absolute Gasteiger partial charge is 0.371 e. The van der Waals surface area contributed by atoms with E-state index in [1.165, 1.54) is 6.92 Å². The maximum absolute atomic E-state index is 12.0. The molecule has 0 aliphatic carbocycles. The van der Waals surface area contributed by atoms with E-state index in [4.69, 9.17) is 14.6 Å². The SMILES string of the molecule is COC(=O)C(CO)NS(=O)(=O)c1cc(C(=O)O)oc1C. The van der Waals surface area contributed by atoms with Gasteiger partial charge in [0.25, 0.3) is 0 Å². The molecule has 1 aromatic heterocycles. The van der Waals surface area contributed by atoms with E-state index < -0.39 is 45.3 Å². The Labute approximate surface area is 114 Å². The summed E-state index contributed by atoms with van der Waals surface area (Å²) < 4.78 is 35.0. The number of furan rings is 1. The fraction of sp³-hybridized carbons (Fsp3) is 0.400. The number of nitrogens with one attached hydrogen (secondary N) is 1. The summed E-state index contributed by atoms with van der Waals surface area (Å²) in [6.45, 7) is 0.446. The third-order valence-electron chi connectivity index (χ3n) is 2.34. The number of aliphatic hydroxyl groups is 1. The van der Waals surface area contributed by atoms with Crippen molar-refractivity contribution in [3.8, 4) is 0 Å². The first-order chi connectivity index (χ1) is 9.22. The summed E-state index contributed by atoms with van der Waals surface area (Å²) in [5.74, 6) is -3.12. The number of ether oxygens (including phenoxy) is 1. The van der Waals surface area contributed by atoms with Crippen molar-refractivity contribution in [1.82, 2.24) is 4.72 Å². The van der Waals surface area contributed by atoms with Crippen LogP contribution in [-0.4, -0.2) is 50.3 Å². The predicted octanol–water partition coefficient (Wildman–Crippen LogP) is -0.902. The molecule has 1 unspecified atom stereocenters. The quantitative estimate of drug-likeness (QED) is 0.573. The summed E-state index contributed by atoms with van der Waals surface area (Å²) in [6, 6.07) is -0.682. The van der Waals surface area contributed by atoms with Crippen LogP contribution in [0.3, 0.4) is 0 Å². The number of hydrogen-bond acceptors (Lipinski definition) is 7. The van der Waals surface area contributed by atoms with Crippen molar-refractivity contribution in [2.24, 2.45) is 0 Å². The zero-order valence-electron chi connectivity index (χ0n) is 10.6. The van der Waals surface area contributed by atoms with Crippen LogP contribution in [0.1, 0.15) is 16.3 Å². The molecule has 0 saturated heterocycles. The van der Waals surface area contributed by atoms with Gasteiger partial charge >= 0.3 is 11.9 Å². The Morgan fingerprint density at radius 3 is 2.50 bits per heavy atom. The van der Waals surface area contributed by atoms with Crippen LogP contribution in [0.15, 0.2) is 15.4 Å². The highest BCUT2D eigenvalue weighted by Crippen LogP contribution is 2.20. The van der Waals surface area contributed by atoms with E-state index in [1.54, 1.807) is 0 Å². The van der Waals surface area contributed by atoms with Crippen LogP contribution in [0.2, 0.25) is 0 Å². The number of sulfonamides is 1. The molecular weight excluding hydrogens is 294 g/mol. The Hall–Kier alpha value is -1.91. The number of carboxylic acid groups (broad SMARTS) is 1. The van der Waals surface area contributed by atoms with Crippen LogP contribution in [0, 0.1) is 6.92 Å². The van der Waals surface area contributed by atoms with E-state index >= 15 is 0 Å². The van der Waals surface area contributed by atoms with Gasteiger partial charge < -0.3 is 19.4 Å². The van der Waals surface area contributed by atoms with Crippen LogP contribution >= 0.6 is 0 Å². The van der Waals surface area contributed by atoms with Crippen LogP contribution < -0.4 is 4.72 Å². The van der Waals surface area contributed by atoms with Gasteiger partial charge in [0.1, 0.15) is 16.7 Å². The number of carbonyl (C=O) groups excluding carboxylic acids is 1. The Kier molecular flexibility index (Phi) is 4.87. The van der Waals surface area contributed by atoms with Crippen LogP contribution in [0.5, 0.6) is 0 Å². The molecule has 1 rings (SSSR count). The Bertz CT molecular complexity index is 617. The minimum absolute atomic E-state index is 0.156. The molecule has 10 heteroatoms. The van der Waals surface area contributed by atoms with Crippen molar-refractivity contribution < 1.29 is 37.4 Å². The molecule has 0 spiro atoms. The summed E-state index contributed by atoms with van der Waals surface area (Å²) in [5, 5.41) is 17.7. The Morgan fingerprint density at radius 2 is 2.10 bits per heavy atom. The largest absolute Gasteiger partial charge is 0.475 e. The van der Waals surface area contributed by atoms with E-state index in [9.17, 15) is 18.0 Å². The minimum Gasteiger partial charge on any atom is -0.475 e. The number of rotatable bonds is 6. The van der Waals surface area contributed by atoms with Crippen LogP contribution in [-0.2, 0) is 19.6 Å². The lowest BCUT2D eigenvalue weighted by molar-refractivity contribution is -0.143. The molecule has 0 aliphatic rings. The molecule has 1 atom stereocenters. The van der Waals surface area contributed by atoms with Crippen molar-refractivity contribution in [1.29, 1.82) is 0 Å². The Morgan fingerprint density at radius 1 is 1.50 bits per heavy atom. The van der Waals surface area contributed by atoms with E-state index in [-0.39, 0.29) is 5.76 Å². The number of carbonyl (C=O) groups is 2. The van der Waals surface area contributed by atoms with Gasteiger partial charge in [0.2, 0.25) is 15.8 Å². The normalized spacial score (nSPS) is 12.9. The van der Waals surface area contributed by atoms with Crippen molar-refractivity contribution in [2.45, 2.75) is 17.9 Å². The van der Waals surface area contributed by atoms with E-state index in [0.717, 1.165) is 13.2 Å². The van der Waals surface area contributed by atoms with Gasteiger partial charge in [-0.05, 0) is 6.92 Å². The molecule has 20 heavy (non-hydrogen) atoms. The zero-order valence-corrected chi connectivity index (χ0v) is 11.4. The Balaban J connectivity index is 3.11. The number of esters is 1. The molecule has 0 radical (unpaired) electrons. The summed E-state index contributed by atoms with van der Waals surface area (Å²) in [6.07, 6.45) is 0. The van der Waals surface area contributed by atoms with Gasteiger partial charge in [-0.25, -0.2) is 13.2 Å². The van der Waals surface area contributed by atoms with E-state index in [1.807, 2.05) is 4.72 Å². The lowest BCUT2D eigenvalue weighted by Crippen LogP contribution is -2.43. The molecule has 0 aromatic carbocycles. The maximum atomic E-state index is 12.0. The van der Waals surface area contributed by atoms with Crippen molar-refractivity contribution in [2.75, 3.05) is 13.7 Å². The summed E-state index contributed by atoms with van der Waals surface area (Å²) in [7, 11) is -3.21. The molecule has 0 aliphatic heterocycles. The maximum Gasteiger partial charge on any atom is 0.371 e. The number of carboxylic acids is 1. The van der Waals surface area contributed by atoms with Gasteiger partial charge in [-0.2, -0.15) is 4.72 Å². The van der Waals surface area contributed by atoms with Gasteiger partial charge in [-0.1, -0.05) is 0 Å². The van der Waals surface area contributed by atoms with Crippen molar-refractivity contribution in [3.63, 3.8) is 0 Å². The molecule has 112 valence electrons. The lowest BCUT2D eigenvalue weighted by atomic mass is 10.3. The van der Waals surface area contributed by atoms with Gasteiger partial charge in [-0.15, -0.1) is 0 Å². The second-order valence-electron chi connectivity index (χ2n) is 3.72. The predicted molar refractivity (Wildman–Crippen MR) is 63.6 cm³/mol. The fourth-order valence-corrected chi connectivity index (χ4v) is 2.75. The third kappa shape index (κ3) is 3.35. The molecule has 1 aromatic rings. The van der Waals surface area contributed by atoms with Crippen LogP contribution in [0.4, 0.5) is 0 Å². The zero-order chi connectivity index (χ0) is 15.5. The number of aromatic carboxylic acids is 1. The molecule has 0 fully saturated rings. The van der Waals surface area contributed by atoms with Crippen molar-refractivity contribution >= 4 is 22.0 Å².